The topological polar surface area (TPSA) is 15.3 Å². The van der Waals surface area contributed by atoms with Gasteiger partial charge in [-0.2, -0.15) is 0 Å². The van der Waals surface area contributed by atoms with Crippen LogP contribution in [-0.2, 0) is 13.0 Å². The van der Waals surface area contributed by atoms with Gasteiger partial charge in [0, 0.05) is 22.0 Å². The molecule has 5 heteroatoms. The van der Waals surface area contributed by atoms with E-state index < -0.39 is 0 Å². The van der Waals surface area contributed by atoms with Crippen molar-refractivity contribution in [2.24, 2.45) is 0 Å². The molecule has 26 heavy (non-hydrogen) atoms. The summed E-state index contributed by atoms with van der Waals surface area (Å²) in [4.78, 5) is 4.73. The van der Waals surface area contributed by atoms with E-state index in [1.54, 1.807) is 23.5 Å². The monoisotopic (exact) mass is 384 g/mol. The maximum absolute atomic E-state index is 13.1. The molecule has 0 saturated carbocycles. The Balaban J connectivity index is 1.70. The molecular formula is C21H21FN2S2. The molecule has 0 fully saturated rings. The molecule has 0 amide bonds. The SMILES string of the molecule is Cc1ccc(CN(CCc2ccccc2)C(=S)Nc2ccc(F)cc2)s1. The molecule has 2 aromatic carbocycles. The molecule has 0 saturated heterocycles. The zero-order valence-corrected chi connectivity index (χ0v) is 16.2. The minimum Gasteiger partial charge on any atom is -0.344 e. The van der Waals surface area contributed by atoms with E-state index in [2.05, 4.69) is 53.5 Å². The summed E-state index contributed by atoms with van der Waals surface area (Å²) in [6, 6.07) is 20.9. The molecule has 1 heterocycles. The number of nitrogens with one attached hydrogen (secondary N) is 1. The molecule has 0 unspecified atom stereocenters. The fraction of sp³-hybridized carbons (Fsp3) is 0.190. The molecule has 1 N–H and O–H groups in total. The molecule has 0 spiro atoms. The first-order valence-electron chi connectivity index (χ1n) is 8.51. The average Bonchev–Trinajstić information content (AvgIpc) is 3.06. The first-order valence-corrected chi connectivity index (χ1v) is 9.73. The van der Waals surface area contributed by atoms with Crippen molar-refractivity contribution in [3.63, 3.8) is 0 Å². The van der Waals surface area contributed by atoms with Crippen LogP contribution in [0.4, 0.5) is 10.1 Å². The number of thiophene rings is 1. The lowest BCUT2D eigenvalue weighted by molar-refractivity contribution is 0.427. The van der Waals surface area contributed by atoms with Gasteiger partial charge in [-0.3, -0.25) is 0 Å². The highest BCUT2D eigenvalue weighted by atomic mass is 32.1. The lowest BCUT2D eigenvalue weighted by Crippen LogP contribution is -2.35. The molecule has 2 nitrogen and oxygen atoms in total. The fourth-order valence-electron chi connectivity index (χ4n) is 2.66. The summed E-state index contributed by atoms with van der Waals surface area (Å²) in [5, 5.41) is 3.88. The summed E-state index contributed by atoms with van der Waals surface area (Å²) >= 11 is 7.42. The van der Waals surface area contributed by atoms with Crippen LogP contribution in [0.25, 0.3) is 0 Å². The molecule has 134 valence electrons. The predicted octanol–water partition coefficient (Wildman–Crippen LogP) is 5.64. The predicted molar refractivity (Wildman–Crippen MR) is 112 cm³/mol. The third kappa shape index (κ3) is 5.38. The molecule has 0 radical (unpaired) electrons. The minimum absolute atomic E-state index is 0.253. The molecule has 3 aromatic rings. The van der Waals surface area contributed by atoms with Gasteiger partial charge in [-0.25, -0.2) is 4.39 Å². The first kappa shape index (κ1) is 18.5. The second-order valence-electron chi connectivity index (χ2n) is 6.11. The van der Waals surface area contributed by atoms with Crippen molar-refractivity contribution in [2.75, 3.05) is 11.9 Å². The van der Waals surface area contributed by atoms with Gasteiger partial charge >= 0.3 is 0 Å². The standard InChI is InChI=1S/C21H21FN2S2/c1-16-7-12-20(26-16)15-24(14-13-17-5-3-2-4-6-17)21(25)23-19-10-8-18(22)9-11-19/h2-12H,13-15H2,1H3,(H,23,25). The first-order chi connectivity index (χ1) is 12.6. The summed E-state index contributed by atoms with van der Waals surface area (Å²) in [5.74, 6) is -0.253. The average molecular weight is 385 g/mol. The summed E-state index contributed by atoms with van der Waals surface area (Å²) < 4.78 is 13.1. The highest BCUT2D eigenvalue weighted by Crippen LogP contribution is 2.19. The second-order valence-corrected chi connectivity index (χ2v) is 7.87. The van der Waals surface area contributed by atoms with Crippen LogP contribution in [0.2, 0.25) is 0 Å². The fourth-order valence-corrected chi connectivity index (χ4v) is 3.83. The number of thiocarbonyl (C=S) groups is 1. The van der Waals surface area contributed by atoms with Crippen molar-refractivity contribution in [1.82, 2.24) is 4.90 Å². The van der Waals surface area contributed by atoms with Crippen molar-refractivity contribution in [1.29, 1.82) is 0 Å². The van der Waals surface area contributed by atoms with E-state index in [1.165, 1.54) is 27.5 Å². The summed E-state index contributed by atoms with van der Waals surface area (Å²) in [6.07, 6.45) is 0.913. The van der Waals surface area contributed by atoms with Crippen molar-refractivity contribution in [3.05, 3.63) is 87.9 Å². The van der Waals surface area contributed by atoms with Crippen LogP contribution in [0.1, 0.15) is 15.3 Å². The maximum Gasteiger partial charge on any atom is 0.173 e. The van der Waals surface area contributed by atoms with Crippen LogP contribution in [-0.4, -0.2) is 16.6 Å². The number of anilines is 1. The summed E-state index contributed by atoms with van der Waals surface area (Å²) in [5.41, 5.74) is 2.08. The van der Waals surface area contributed by atoms with E-state index in [1.807, 2.05) is 6.07 Å². The van der Waals surface area contributed by atoms with Crippen LogP contribution in [0, 0.1) is 12.7 Å². The van der Waals surface area contributed by atoms with Gasteiger partial charge < -0.3 is 10.2 Å². The molecule has 0 atom stereocenters. The Labute approximate surface area is 163 Å². The van der Waals surface area contributed by atoms with Gasteiger partial charge in [0.1, 0.15) is 5.82 Å². The van der Waals surface area contributed by atoms with Gasteiger partial charge in [-0.05, 0) is 67.5 Å². The van der Waals surface area contributed by atoms with Crippen LogP contribution in [0.15, 0.2) is 66.7 Å². The van der Waals surface area contributed by atoms with E-state index in [9.17, 15) is 4.39 Å². The van der Waals surface area contributed by atoms with Gasteiger partial charge in [0.15, 0.2) is 5.11 Å². The normalized spacial score (nSPS) is 10.5. The largest absolute Gasteiger partial charge is 0.344 e. The van der Waals surface area contributed by atoms with E-state index in [4.69, 9.17) is 12.2 Å². The Morgan fingerprint density at radius 2 is 1.77 bits per heavy atom. The lowest BCUT2D eigenvalue weighted by Gasteiger charge is -2.25. The van der Waals surface area contributed by atoms with Crippen molar-refractivity contribution in [3.8, 4) is 0 Å². The van der Waals surface area contributed by atoms with E-state index in [-0.39, 0.29) is 5.82 Å². The number of nitrogens with zero attached hydrogens (tertiary/aromatic N) is 1. The third-order valence-corrected chi connectivity index (χ3v) is 5.38. The molecule has 0 aliphatic heterocycles. The quantitative estimate of drug-likeness (QED) is 0.554. The van der Waals surface area contributed by atoms with Crippen LogP contribution >= 0.6 is 23.6 Å². The highest BCUT2D eigenvalue weighted by molar-refractivity contribution is 7.80. The molecular weight excluding hydrogens is 363 g/mol. The molecule has 1 aromatic heterocycles. The number of aryl methyl sites for hydroxylation is 1. The number of hydrogen-bond donors (Lipinski definition) is 1. The van der Waals surface area contributed by atoms with Gasteiger partial charge in [0.25, 0.3) is 0 Å². The smallest absolute Gasteiger partial charge is 0.173 e. The van der Waals surface area contributed by atoms with Gasteiger partial charge in [-0.15, -0.1) is 11.3 Å². The zero-order chi connectivity index (χ0) is 18.4. The Kier molecular flexibility index (Phi) is 6.36. The molecule has 0 aliphatic carbocycles. The Bertz CT molecular complexity index is 844. The summed E-state index contributed by atoms with van der Waals surface area (Å²) in [6.45, 7) is 3.68. The highest BCUT2D eigenvalue weighted by Gasteiger charge is 2.12. The third-order valence-electron chi connectivity index (χ3n) is 4.04. The minimum atomic E-state index is -0.253. The summed E-state index contributed by atoms with van der Waals surface area (Å²) in [7, 11) is 0. The number of rotatable bonds is 6. The van der Waals surface area contributed by atoms with E-state index in [0.29, 0.717) is 5.11 Å². The van der Waals surface area contributed by atoms with Crippen molar-refractivity contribution < 1.29 is 4.39 Å². The number of hydrogen-bond acceptors (Lipinski definition) is 2. The molecule has 0 aliphatic rings. The Morgan fingerprint density at radius 1 is 1.04 bits per heavy atom. The van der Waals surface area contributed by atoms with E-state index >= 15 is 0 Å². The zero-order valence-electron chi connectivity index (χ0n) is 14.6. The maximum atomic E-state index is 13.1. The van der Waals surface area contributed by atoms with Crippen LogP contribution in [0.3, 0.4) is 0 Å². The van der Waals surface area contributed by atoms with Gasteiger partial charge in [-0.1, -0.05) is 30.3 Å². The van der Waals surface area contributed by atoms with Gasteiger partial charge in [0.05, 0.1) is 6.54 Å². The van der Waals surface area contributed by atoms with Crippen molar-refractivity contribution >= 4 is 34.4 Å². The van der Waals surface area contributed by atoms with Gasteiger partial charge in [0.2, 0.25) is 0 Å². The Hall–Kier alpha value is -2.24. The number of halogens is 1. The Morgan fingerprint density at radius 3 is 2.42 bits per heavy atom. The van der Waals surface area contributed by atoms with Crippen LogP contribution < -0.4 is 5.32 Å². The second kappa shape index (κ2) is 8.92. The van der Waals surface area contributed by atoms with Crippen LogP contribution in [0.5, 0.6) is 0 Å². The lowest BCUT2D eigenvalue weighted by atomic mass is 10.1. The van der Waals surface area contributed by atoms with E-state index in [0.717, 1.165) is 25.2 Å². The molecule has 0 bridgehead atoms. The van der Waals surface area contributed by atoms with Crippen molar-refractivity contribution in [2.45, 2.75) is 19.9 Å². The molecule has 3 rings (SSSR count). The number of benzene rings is 2.